The van der Waals surface area contributed by atoms with Gasteiger partial charge in [0.15, 0.2) is 0 Å². The number of likely N-dealkylation sites (tertiary alicyclic amines) is 1. The first kappa shape index (κ1) is 14.7. The van der Waals surface area contributed by atoms with E-state index in [0.29, 0.717) is 29.6 Å². The number of methoxy groups -OCH3 is 1. The largest absolute Gasteiger partial charge is 0.495 e. The Balaban J connectivity index is 1.89. The lowest BCUT2D eigenvalue weighted by molar-refractivity contribution is -0.117. The summed E-state index contributed by atoms with van der Waals surface area (Å²) in [5.41, 5.74) is 7.06. The Bertz CT molecular complexity index is 476. The Morgan fingerprint density at radius 3 is 3.00 bits per heavy atom. The van der Waals surface area contributed by atoms with Crippen molar-refractivity contribution in [3.8, 4) is 5.75 Å². The molecule has 1 fully saturated rings. The summed E-state index contributed by atoms with van der Waals surface area (Å²) in [5, 5.41) is 2.88. The van der Waals surface area contributed by atoms with Gasteiger partial charge in [0.05, 0.1) is 19.3 Å². The third kappa shape index (κ3) is 3.87. The highest BCUT2D eigenvalue weighted by Gasteiger charge is 2.18. The Morgan fingerprint density at radius 1 is 1.55 bits per heavy atom. The van der Waals surface area contributed by atoms with Gasteiger partial charge < -0.3 is 15.8 Å². The van der Waals surface area contributed by atoms with Gasteiger partial charge in [-0.1, -0.05) is 6.92 Å². The van der Waals surface area contributed by atoms with Crippen LogP contribution in [0.4, 0.5) is 11.4 Å². The number of nitrogens with one attached hydrogen (secondary N) is 1. The number of benzene rings is 1. The summed E-state index contributed by atoms with van der Waals surface area (Å²) in [6, 6.07) is 5.27. The van der Waals surface area contributed by atoms with Gasteiger partial charge in [0.2, 0.25) is 5.91 Å². The van der Waals surface area contributed by atoms with E-state index in [9.17, 15) is 4.79 Å². The van der Waals surface area contributed by atoms with Crippen LogP contribution in [0.5, 0.6) is 5.75 Å². The first-order chi connectivity index (χ1) is 9.58. The number of anilines is 2. The first-order valence-electron chi connectivity index (χ1n) is 7.04. The van der Waals surface area contributed by atoms with Crippen LogP contribution in [0.1, 0.15) is 19.8 Å². The first-order valence-corrected chi connectivity index (χ1v) is 7.04. The van der Waals surface area contributed by atoms with Gasteiger partial charge in [0, 0.05) is 12.2 Å². The zero-order chi connectivity index (χ0) is 14.5. The maximum atomic E-state index is 12.0. The second kappa shape index (κ2) is 6.61. The summed E-state index contributed by atoms with van der Waals surface area (Å²) >= 11 is 0. The normalized spacial score (nSPS) is 19.6. The lowest BCUT2D eigenvalue weighted by atomic mass is 10.0. The van der Waals surface area contributed by atoms with Crippen molar-refractivity contribution >= 4 is 17.3 Å². The number of piperidine rings is 1. The fourth-order valence-electron chi connectivity index (χ4n) is 2.65. The number of hydrogen-bond acceptors (Lipinski definition) is 4. The standard InChI is InChI=1S/C15H23N3O2/c1-11-4-3-7-18(9-11)10-15(19)17-12-5-6-14(20-2)13(16)8-12/h5-6,8,11H,3-4,7,9-10,16H2,1-2H3,(H,17,19). The van der Waals surface area contributed by atoms with Gasteiger partial charge in [-0.15, -0.1) is 0 Å². The van der Waals surface area contributed by atoms with Crippen molar-refractivity contribution in [1.82, 2.24) is 4.90 Å². The molecule has 1 amide bonds. The summed E-state index contributed by atoms with van der Waals surface area (Å²) in [4.78, 5) is 14.2. The fraction of sp³-hybridized carbons (Fsp3) is 0.533. The Morgan fingerprint density at radius 2 is 2.35 bits per heavy atom. The average Bonchev–Trinajstić information content (AvgIpc) is 2.38. The fourth-order valence-corrected chi connectivity index (χ4v) is 2.65. The van der Waals surface area contributed by atoms with E-state index < -0.39 is 0 Å². The highest BCUT2D eigenvalue weighted by atomic mass is 16.5. The van der Waals surface area contributed by atoms with Crippen LogP contribution in [0.15, 0.2) is 18.2 Å². The van der Waals surface area contributed by atoms with E-state index >= 15 is 0 Å². The number of ether oxygens (including phenoxy) is 1. The molecule has 1 aromatic carbocycles. The number of nitrogens with zero attached hydrogens (tertiary/aromatic N) is 1. The van der Waals surface area contributed by atoms with Crippen LogP contribution < -0.4 is 15.8 Å². The van der Waals surface area contributed by atoms with Gasteiger partial charge in [0.1, 0.15) is 5.75 Å². The van der Waals surface area contributed by atoms with Gasteiger partial charge in [-0.05, 0) is 43.5 Å². The molecule has 1 aromatic rings. The molecule has 0 saturated carbocycles. The molecule has 1 aliphatic heterocycles. The minimum absolute atomic E-state index is 0.00340. The highest BCUT2D eigenvalue weighted by Crippen LogP contribution is 2.24. The molecular weight excluding hydrogens is 254 g/mol. The number of nitrogen functional groups attached to an aromatic ring is 1. The van der Waals surface area contributed by atoms with E-state index in [2.05, 4.69) is 17.1 Å². The van der Waals surface area contributed by atoms with Crippen molar-refractivity contribution in [2.24, 2.45) is 5.92 Å². The zero-order valence-electron chi connectivity index (χ0n) is 12.2. The predicted octanol–water partition coefficient (Wildman–Crippen LogP) is 1.95. The number of carbonyl (C=O) groups is 1. The van der Waals surface area contributed by atoms with Crippen LogP contribution in [-0.2, 0) is 4.79 Å². The second-order valence-electron chi connectivity index (χ2n) is 5.49. The van der Waals surface area contributed by atoms with Gasteiger partial charge in [-0.25, -0.2) is 0 Å². The number of carbonyl (C=O) groups excluding carboxylic acids is 1. The molecule has 1 aliphatic rings. The van der Waals surface area contributed by atoms with Crippen LogP contribution in [-0.4, -0.2) is 37.6 Å². The minimum Gasteiger partial charge on any atom is -0.495 e. The Kier molecular flexibility index (Phi) is 4.84. The maximum absolute atomic E-state index is 12.0. The van der Waals surface area contributed by atoms with E-state index in [0.717, 1.165) is 13.1 Å². The van der Waals surface area contributed by atoms with Crippen LogP contribution in [0.3, 0.4) is 0 Å². The smallest absolute Gasteiger partial charge is 0.238 e. The second-order valence-corrected chi connectivity index (χ2v) is 5.49. The van der Waals surface area contributed by atoms with E-state index in [-0.39, 0.29) is 5.91 Å². The zero-order valence-corrected chi connectivity index (χ0v) is 12.2. The van der Waals surface area contributed by atoms with E-state index in [1.165, 1.54) is 12.8 Å². The molecule has 3 N–H and O–H groups in total. The summed E-state index contributed by atoms with van der Waals surface area (Å²) < 4.78 is 5.09. The maximum Gasteiger partial charge on any atom is 0.238 e. The molecule has 1 atom stereocenters. The number of hydrogen-bond donors (Lipinski definition) is 2. The number of rotatable bonds is 4. The molecule has 1 heterocycles. The third-order valence-corrected chi connectivity index (χ3v) is 3.62. The van der Waals surface area contributed by atoms with Gasteiger partial charge in [-0.2, -0.15) is 0 Å². The Labute approximate surface area is 120 Å². The van der Waals surface area contributed by atoms with Crippen molar-refractivity contribution in [3.05, 3.63) is 18.2 Å². The molecule has 0 aliphatic carbocycles. The van der Waals surface area contributed by atoms with E-state index in [1.54, 1.807) is 25.3 Å². The van der Waals surface area contributed by atoms with Crippen molar-refractivity contribution in [2.75, 3.05) is 37.8 Å². The van der Waals surface area contributed by atoms with Crippen LogP contribution in [0.2, 0.25) is 0 Å². The topological polar surface area (TPSA) is 67.6 Å². The summed E-state index contributed by atoms with van der Waals surface area (Å²) in [6.45, 7) is 4.67. The molecular formula is C15H23N3O2. The third-order valence-electron chi connectivity index (χ3n) is 3.62. The summed E-state index contributed by atoms with van der Waals surface area (Å²) in [5.74, 6) is 1.30. The van der Waals surface area contributed by atoms with Gasteiger partial charge in [0.25, 0.3) is 0 Å². The molecule has 1 saturated heterocycles. The highest BCUT2D eigenvalue weighted by molar-refractivity contribution is 5.92. The van der Waals surface area contributed by atoms with Crippen LogP contribution >= 0.6 is 0 Å². The number of amides is 1. The number of nitrogens with two attached hydrogens (primary N) is 1. The summed E-state index contributed by atoms with van der Waals surface area (Å²) in [6.07, 6.45) is 2.43. The SMILES string of the molecule is COc1ccc(NC(=O)CN2CCCC(C)C2)cc1N. The van der Waals surface area contributed by atoms with Gasteiger partial charge >= 0.3 is 0 Å². The van der Waals surface area contributed by atoms with Crippen molar-refractivity contribution in [3.63, 3.8) is 0 Å². The van der Waals surface area contributed by atoms with Crippen LogP contribution in [0, 0.1) is 5.92 Å². The molecule has 110 valence electrons. The van der Waals surface area contributed by atoms with Gasteiger partial charge in [-0.3, -0.25) is 9.69 Å². The molecule has 0 bridgehead atoms. The predicted molar refractivity (Wildman–Crippen MR) is 80.9 cm³/mol. The quantitative estimate of drug-likeness (QED) is 0.825. The molecule has 20 heavy (non-hydrogen) atoms. The van der Waals surface area contributed by atoms with Crippen molar-refractivity contribution < 1.29 is 9.53 Å². The molecule has 2 rings (SSSR count). The Hall–Kier alpha value is -1.75. The molecule has 0 spiro atoms. The lowest BCUT2D eigenvalue weighted by Gasteiger charge is -2.30. The monoisotopic (exact) mass is 277 g/mol. The average molecular weight is 277 g/mol. The molecule has 0 aromatic heterocycles. The summed E-state index contributed by atoms with van der Waals surface area (Å²) in [7, 11) is 1.57. The van der Waals surface area contributed by atoms with Crippen LogP contribution in [0.25, 0.3) is 0 Å². The molecule has 1 unspecified atom stereocenters. The minimum atomic E-state index is 0.00340. The van der Waals surface area contributed by atoms with Crippen molar-refractivity contribution in [1.29, 1.82) is 0 Å². The van der Waals surface area contributed by atoms with E-state index in [4.69, 9.17) is 10.5 Å². The molecule has 5 nitrogen and oxygen atoms in total. The van der Waals surface area contributed by atoms with Crippen molar-refractivity contribution in [2.45, 2.75) is 19.8 Å². The molecule has 0 radical (unpaired) electrons. The lowest BCUT2D eigenvalue weighted by Crippen LogP contribution is -2.39. The van der Waals surface area contributed by atoms with E-state index in [1.807, 2.05) is 0 Å². The molecule has 5 heteroatoms.